The number of rotatable bonds is 1. The molecule has 5 fully saturated rings. The second kappa shape index (κ2) is 4.44. The predicted molar refractivity (Wildman–Crippen MR) is 95.6 cm³/mol. The Morgan fingerprint density at radius 2 is 2.12 bits per heavy atom. The van der Waals surface area contributed by atoms with Crippen molar-refractivity contribution in [2.75, 3.05) is 19.0 Å². The van der Waals surface area contributed by atoms with Gasteiger partial charge >= 0.3 is 5.97 Å². The zero-order valence-corrected chi connectivity index (χ0v) is 15.1. The molecular weight excluding hydrogens is 328 g/mol. The average molecular weight is 352 g/mol. The Labute approximate surface area is 153 Å². The van der Waals surface area contributed by atoms with Crippen molar-refractivity contribution in [3.8, 4) is 0 Å². The van der Waals surface area contributed by atoms with Crippen molar-refractivity contribution in [1.29, 1.82) is 0 Å². The standard InChI is InChI=1S/C21H24N2O3/c1-26-17(25)14-11-19-7-4-10-23-16(24)12-20(18(19)23)13-5-2-3-6-15(13)22-21(14,20)9-8-19/h2-3,5-6,14,18,22H,4,7-12H2,1H3/t14-,18-,19+,20+,21+/m0/s1. The zero-order valence-electron chi connectivity index (χ0n) is 15.1. The number of hydrogen-bond donors (Lipinski definition) is 1. The molecule has 5 atom stereocenters. The molecule has 1 aromatic rings. The van der Waals surface area contributed by atoms with E-state index in [4.69, 9.17) is 4.74 Å². The molecule has 3 aliphatic carbocycles. The van der Waals surface area contributed by atoms with E-state index in [-0.39, 0.29) is 34.7 Å². The minimum atomic E-state index is -0.391. The number of ether oxygens (including phenoxy) is 1. The largest absolute Gasteiger partial charge is 0.469 e. The molecule has 2 saturated heterocycles. The third kappa shape index (κ3) is 1.34. The lowest BCUT2D eigenvalue weighted by Gasteiger charge is -2.68. The molecule has 0 aromatic heterocycles. The van der Waals surface area contributed by atoms with Gasteiger partial charge in [0.2, 0.25) is 5.91 Å². The molecule has 0 unspecified atom stereocenters. The maximum absolute atomic E-state index is 13.1. The molecular formula is C21H24N2O3. The van der Waals surface area contributed by atoms with E-state index in [1.807, 2.05) is 6.07 Å². The summed E-state index contributed by atoms with van der Waals surface area (Å²) in [5, 5.41) is 3.79. The topological polar surface area (TPSA) is 58.6 Å². The van der Waals surface area contributed by atoms with Crippen LogP contribution in [-0.4, -0.2) is 42.0 Å². The Bertz CT molecular complexity index is 853. The number of para-hydroxylation sites is 1. The highest BCUT2D eigenvalue weighted by molar-refractivity contribution is 5.89. The van der Waals surface area contributed by atoms with Gasteiger partial charge < -0.3 is 15.0 Å². The second-order valence-electron chi connectivity index (χ2n) is 9.03. The first-order valence-electron chi connectivity index (χ1n) is 9.83. The van der Waals surface area contributed by atoms with Crippen molar-refractivity contribution in [3.05, 3.63) is 29.8 Å². The third-order valence-corrected chi connectivity index (χ3v) is 8.45. The summed E-state index contributed by atoms with van der Waals surface area (Å²) >= 11 is 0. The molecule has 136 valence electrons. The number of anilines is 1. The number of fused-ring (bicyclic) bond motifs is 3. The summed E-state index contributed by atoms with van der Waals surface area (Å²) in [4.78, 5) is 28.2. The molecule has 7 rings (SSSR count). The second-order valence-corrected chi connectivity index (χ2v) is 9.03. The van der Waals surface area contributed by atoms with Gasteiger partial charge in [0.1, 0.15) is 0 Å². The molecule has 5 nitrogen and oxygen atoms in total. The first-order chi connectivity index (χ1) is 12.6. The van der Waals surface area contributed by atoms with Gasteiger partial charge in [-0.15, -0.1) is 0 Å². The van der Waals surface area contributed by atoms with Crippen LogP contribution < -0.4 is 5.32 Å². The Hall–Kier alpha value is -2.04. The van der Waals surface area contributed by atoms with Gasteiger partial charge in [-0.1, -0.05) is 18.2 Å². The lowest BCUT2D eigenvalue weighted by molar-refractivity contribution is -0.172. The van der Waals surface area contributed by atoms with Gasteiger partial charge in [0.25, 0.3) is 0 Å². The zero-order chi connectivity index (χ0) is 17.7. The number of carbonyl (C=O) groups excluding carboxylic acids is 2. The summed E-state index contributed by atoms with van der Waals surface area (Å²) in [6.45, 7) is 0.869. The van der Waals surface area contributed by atoms with Crippen LogP contribution >= 0.6 is 0 Å². The highest BCUT2D eigenvalue weighted by atomic mass is 16.5. The summed E-state index contributed by atoms with van der Waals surface area (Å²) in [5.74, 6) is -0.0243. The van der Waals surface area contributed by atoms with Crippen LogP contribution in [0.1, 0.15) is 44.1 Å². The number of methoxy groups -OCH3 is 1. The fourth-order valence-corrected chi connectivity index (χ4v) is 7.80. The van der Waals surface area contributed by atoms with Gasteiger partial charge in [0.05, 0.1) is 24.0 Å². The number of piperidine rings is 1. The van der Waals surface area contributed by atoms with Crippen LogP contribution in [0.25, 0.3) is 0 Å². The molecule has 1 amide bonds. The Morgan fingerprint density at radius 3 is 2.96 bits per heavy atom. The van der Waals surface area contributed by atoms with E-state index in [2.05, 4.69) is 28.4 Å². The number of nitrogens with one attached hydrogen (secondary N) is 1. The van der Waals surface area contributed by atoms with Gasteiger partial charge in [-0.3, -0.25) is 9.59 Å². The highest BCUT2D eigenvalue weighted by Crippen LogP contribution is 2.74. The van der Waals surface area contributed by atoms with Crippen molar-refractivity contribution in [2.24, 2.45) is 11.3 Å². The van der Waals surface area contributed by atoms with Crippen LogP contribution in [0.3, 0.4) is 0 Å². The molecule has 6 aliphatic rings. The van der Waals surface area contributed by atoms with Crippen molar-refractivity contribution in [1.82, 2.24) is 4.90 Å². The molecule has 3 spiro atoms. The monoisotopic (exact) mass is 352 g/mol. The van der Waals surface area contributed by atoms with Crippen LogP contribution in [0.4, 0.5) is 5.69 Å². The van der Waals surface area contributed by atoms with Crippen molar-refractivity contribution < 1.29 is 14.3 Å². The van der Waals surface area contributed by atoms with Crippen molar-refractivity contribution >= 4 is 17.6 Å². The van der Waals surface area contributed by atoms with Gasteiger partial charge in [-0.05, 0) is 49.1 Å². The van der Waals surface area contributed by atoms with Crippen LogP contribution in [0, 0.1) is 11.3 Å². The Morgan fingerprint density at radius 1 is 1.27 bits per heavy atom. The van der Waals surface area contributed by atoms with E-state index in [1.54, 1.807) is 0 Å². The molecule has 0 radical (unpaired) electrons. The highest BCUT2D eigenvalue weighted by Gasteiger charge is 2.80. The summed E-state index contributed by atoms with van der Waals surface area (Å²) in [6, 6.07) is 8.64. The SMILES string of the molecule is COC(=O)[C@@H]1C[C@@]23CCCN4C(=O)C[C@@]5(c6ccccc6N[C@]15CC2)[C@@H]43. The van der Waals surface area contributed by atoms with E-state index in [1.165, 1.54) is 12.7 Å². The Balaban J connectivity index is 1.67. The first kappa shape index (κ1) is 15.1. The molecule has 5 heteroatoms. The number of amides is 1. The van der Waals surface area contributed by atoms with Gasteiger partial charge in [-0.2, -0.15) is 0 Å². The maximum Gasteiger partial charge on any atom is 0.311 e. The lowest BCUT2D eigenvalue weighted by Crippen LogP contribution is -2.76. The third-order valence-electron chi connectivity index (χ3n) is 8.45. The number of nitrogens with zero attached hydrogens (tertiary/aromatic N) is 1. The van der Waals surface area contributed by atoms with E-state index in [0.29, 0.717) is 6.42 Å². The normalized spacial score (nSPS) is 44.2. The smallest absolute Gasteiger partial charge is 0.311 e. The quantitative estimate of drug-likeness (QED) is 0.789. The molecule has 3 saturated carbocycles. The fraction of sp³-hybridized carbons (Fsp3) is 0.619. The maximum atomic E-state index is 13.1. The molecule has 2 bridgehead atoms. The van der Waals surface area contributed by atoms with Crippen LogP contribution in [-0.2, 0) is 19.7 Å². The molecule has 1 aromatic carbocycles. The number of hydrogen-bond acceptors (Lipinski definition) is 4. The van der Waals surface area contributed by atoms with Crippen LogP contribution in [0.15, 0.2) is 24.3 Å². The minimum absolute atomic E-state index is 0.0597. The number of carbonyl (C=O) groups is 2. The van der Waals surface area contributed by atoms with Crippen LogP contribution in [0.2, 0.25) is 0 Å². The molecule has 3 heterocycles. The summed E-state index contributed by atoms with van der Waals surface area (Å²) in [6.07, 6.45) is 5.58. The Kier molecular flexibility index (Phi) is 2.57. The van der Waals surface area contributed by atoms with Gasteiger partial charge in [0.15, 0.2) is 0 Å². The van der Waals surface area contributed by atoms with Crippen molar-refractivity contribution in [2.45, 2.75) is 55.5 Å². The van der Waals surface area contributed by atoms with Gasteiger partial charge in [-0.25, -0.2) is 0 Å². The van der Waals surface area contributed by atoms with E-state index >= 15 is 0 Å². The van der Waals surface area contributed by atoms with Crippen molar-refractivity contribution in [3.63, 3.8) is 0 Å². The first-order valence-corrected chi connectivity index (χ1v) is 9.83. The summed E-state index contributed by atoms with van der Waals surface area (Å²) in [5.41, 5.74) is 1.73. The molecule has 26 heavy (non-hydrogen) atoms. The molecule has 3 aliphatic heterocycles. The minimum Gasteiger partial charge on any atom is -0.469 e. The summed E-state index contributed by atoms with van der Waals surface area (Å²) < 4.78 is 5.27. The van der Waals surface area contributed by atoms with Gasteiger partial charge in [0, 0.05) is 24.7 Å². The van der Waals surface area contributed by atoms with E-state index in [0.717, 1.165) is 44.3 Å². The lowest BCUT2D eigenvalue weighted by atomic mass is 9.39. The fourth-order valence-electron chi connectivity index (χ4n) is 7.80. The number of esters is 1. The van der Waals surface area contributed by atoms with Crippen LogP contribution in [0.5, 0.6) is 0 Å². The predicted octanol–water partition coefficient (Wildman–Crippen LogP) is 2.46. The van der Waals surface area contributed by atoms with E-state index in [9.17, 15) is 9.59 Å². The average Bonchev–Trinajstić information content (AvgIpc) is 3.14. The number of benzene rings is 1. The summed E-state index contributed by atoms with van der Waals surface area (Å²) in [7, 11) is 1.50. The molecule has 1 N–H and O–H groups in total. The van der Waals surface area contributed by atoms with E-state index < -0.39 is 5.54 Å².